The molecule has 0 saturated heterocycles. The maximum absolute atomic E-state index is 12.6. The third-order valence-electron chi connectivity index (χ3n) is 4.39. The van der Waals surface area contributed by atoms with E-state index in [2.05, 4.69) is 21.2 Å². The van der Waals surface area contributed by atoms with Crippen molar-refractivity contribution in [1.82, 2.24) is 5.32 Å². The fraction of sp³-hybridized carbons (Fsp3) is 0.250. The first-order valence-corrected chi connectivity index (χ1v) is 9.23. The summed E-state index contributed by atoms with van der Waals surface area (Å²) in [5.41, 5.74) is 2.45. The summed E-state index contributed by atoms with van der Waals surface area (Å²) in [4.78, 5) is 12.6. The third kappa shape index (κ3) is 3.42. The minimum absolute atomic E-state index is 0.141. The number of rotatable bonds is 3. The second kappa shape index (κ2) is 7.03. The Balaban J connectivity index is 1.49. The zero-order valence-corrected chi connectivity index (χ0v) is 15.8. The Morgan fingerprint density at radius 3 is 2.65 bits per heavy atom. The van der Waals surface area contributed by atoms with E-state index in [1.807, 2.05) is 49.4 Å². The molecular weight excluding hydrogens is 398 g/mol. The largest absolute Gasteiger partial charge is 0.488 e. The van der Waals surface area contributed by atoms with Crippen molar-refractivity contribution in [3.05, 3.63) is 57.6 Å². The van der Waals surface area contributed by atoms with Gasteiger partial charge in [-0.25, -0.2) is 0 Å². The normalized spacial score (nSPS) is 16.0. The van der Waals surface area contributed by atoms with Gasteiger partial charge in [0.2, 0.25) is 0 Å². The van der Waals surface area contributed by atoms with Crippen LogP contribution in [0, 0.1) is 0 Å². The summed E-state index contributed by atoms with van der Waals surface area (Å²) in [6.07, 6.45) is 1.87. The van der Waals surface area contributed by atoms with E-state index in [0.29, 0.717) is 24.5 Å². The molecule has 134 valence electrons. The number of hydrogen-bond donors (Lipinski definition) is 1. The topological polar surface area (TPSA) is 56.8 Å². The van der Waals surface area contributed by atoms with Gasteiger partial charge in [0, 0.05) is 10.0 Å². The molecule has 1 amide bonds. The Kier molecular flexibility index (Phi) is 4.59. The minimum Gasteiger partial charge on any atom is -0.488 e. The molecule has 1 atom stereocenters. The van der Waals surface area contributed by atoms with Gasteiger partial charge in [-0.15, -0.1) is 0 Å². The van der Waals surface area contributed by atoms with Crippen LogP contribution in [0.4, 0.5) is 0 Å². The number of hydrogen-bond acceptors (Lipinski definition) is 4. The number of amides is 1. The second-order valence-electron chi connectivity index (χ2n) is 6.24. The zero-order valence-electron chi connectivity index (χ0n) is 14.3. The van der Waals surface area contributed by atoms with Crippen LogP contribution in [0.3, 0.4) is 0 Å². The number of benzene rings is 2. The summed E-state index contributed by atoms with van der Waals surface area (Å²) in [5.74, 6) is 2.10. The van der Waals surface area contributed by atoms with Gasteiger partial charge in [-0.05, 0) is 48.9 Å². The van der Waals surface area contributed by atoms with Crippen molar-refractivity contribution in [2.75, 3.05) is 19.8 Å². The van der Waals surface area contributed by atoms with Crippen molar-refractivity contribution in [2.45, 2.75) is 13.0 Å². The van der Waals surface area contributed by atoms with Gasteiger partial charge in [-0.2, -0.15) is 0 Å². The molecule has 2 aromatic rings. The van der Waals surface area contributed by atoms with E-state index in [9.17, 15) is 4.79 Å². The molecular formula is C20H18BrNO4. The molecule has 26 heavy (non-hydrogen) atoms. The van der Waals surface area contributed by atoms with E-state index < -0.39 is 0 Å². The van der Waals surface area contributed by atoms with E-state index in [0.717, 1.165) is 27.1 Å². The Morgan fingerprint density at radius 1 is 1.04 bits per heavy atom. The van der Waals surface area contributed by atoms with Crippen LogP contribution >= 0.6 is 15.9 Å². The monoisotopic (exact) mass is 415 g/mol. The predicted molar refractivity (Wildman–Crippen MR) is 102 cm³/mol. The molecule has 1 unspecified atom stereocenters. The lowest BCUT2D eigenvalue weighted by Gasteiger charge is -2.22. The molecule has 1 N–H and O–H groups in total. The number of carbonyl (C=O) groups excluding carboxylic acids is 1. The molecule has 2 aliphatic heterocycles. The second-order valence-corrected chi connectivity index (χ2v) is 7.15. The maximum atomic E-state index is 12.6. The molecule has 5 nitrogen and oxygen atoms in total. The quantitative estimate of drug-likeness (QED) is 0.826. The zero-order chi connectivity index (χ0) is 18.1. The first-order chi connectivity index (χ1) is 12.6. The lowest BCUT2D eigenvalue weighted by atomic mass is 10.0. The van der Waals surface area contributed by atoms with E-state index >= 15 is 0 Å². The van der Waals surface area contributed by atoms with E-state index in [-0.39, 0.29) is 18.6 Å². The SMILES string of the molecule is CC(NC(=O)C1=Cc2cc(Br)ccc2OC1)c1ccc2c(c1)OCCO2. The third-order valence-corrected chi connectivity index (χ3v) is 4.88. The van der Waals surface area contributed by atoms with Crippen LogP contribution in [0.5, 0.6) is 17.2 Å². The van der Waals surface area contributed by atoms with Gasteiger partial charge in [0.05, 0.1) is 11.6 Å². The van der Waals surface area contributed by atoms with Crippen molar-refractivity contribution < 1.29 is 19.0 Å². The molecule has 6 heteroatoms. The van der Waals surface area contributed by atoms with Crippen LogP contribution < -0.4 is 19.5 Å². The van der Waals surface area contributed by atoms with Gasteiger partial charge in [0.25, 0.3) is 5.91 Å². The summed E-state index contributed by atoms with van der Waals surface area (Å²) in [6.45, 7) is 3.30. The standard InChI is InChI=1S/C20H18BrNO4/c1-12(13-2-4-18-19(10-13)25-7-6-24-18)22-20(23)15-8-14-9-16(21)3-5-17(14)26-11-15/h2-5,8-10,12H,6-7,11H2,1H3,(H,22,23). The fourth-order valence-electron chi connectivity index (χ4n) is 2.98. The molecule has 2 aromatic carbocycles. The highest BCUT2D eigenvalue weighted by Gasteiger charge is 2.20. The summed E-state index contributed by atoms with van der Waals surface area (Å²) in [7, 11) is 0. The summed E-state index contributed by atoms with van der Waals surface area (Å²) in [6, 6.07) is 11.3. The van der Waals surface area contributed by atoms with Crippen molar-refractivity contribution in [1.29, 1.82) is 0 Å². The predicted octanol–water partition coefficient (Wildman–Crippen LogP) is 3.87. The molecule has 0 bridgehead atoms. The molecule has 0 saturated carbocycles. The van der Waals surface area contributed by atoms with E-state index in [1.165, 1.54) is 0 Å². The van der Waals surface area contributed by atoms with Gasteiger partial charge in [0.1, 0.15) is 25.6 Å². The van der Waals surface area contributed by atoms with Crippen LogP contribution in [0.15, 0.2) is 46.4 Å². The average molecular weight is 416 g/mol. The number of carbonyl (C=O) groups is 1. The molecule has 4 rings (SSSR count). The molecule has 0 aromatic heterocycles. The van der Waals surface area contributed by atoms with Gasteiger partial charge in [0.15, 0.2) is 11.5 Å². The van der Waals surface area contributed by atoms with Crippen LogP contribution in [0.25, 0.3) is 6.08 Å². The Morgan fingerprint density at radius 2 is 1.81 bits per heavy atom. The van der Waals surface area contributed by atoms with E-state index in [1.54, 1.807) is 0 Å². The highest BCUT2D eigenvalue weighted by atomic mass is 79.9. The maximum Gasteiger partial charge on any atom is 0.251 e. The van der Waals surface area contributed by atoms with Crippen molar-refractivity contribution >= 4 is 27.9 Å². The highest BCUT2D eigenvalue weighted by molar-refractivity contribution is 9.10. The number of nitrogens with one attached hydrogen (secondary N) is 1. The lowest BCUT2D eigenvalue weighted by molar-refractivity contribution is -0.118. The van der Waals surface area contributed by atoms with Crippen molar-refractivity contribution in [2.24, 2.45) is 0 Å². The van der Waals surface area contributed by atoms with Crippen LogP contribution in [-0.4, -0.2) is 25.7 Å². The Bertz CT molecular complexity index is 893. The smallest absolute Gasteiger partial charge is 0.251 e. The van der Waals surface area contributed by atoms with E-state index in [4.69, 9.17) is 14.2 Å². The average Bonchev–Trinajstić information content (AvgIpc) is 2.66. The van der Waals surface area contributed by atoms with Crippen LogP contribution in [0.1, 0.15) is 24.1 Å². The first kappa shape index (κ1) is 17.0. The van der Waals surface area contributed by atoms with Gasteiger partial charge in [-0.1, -0.05) is 22.0 Å². The van der Waals surface area contributed by atoms with Crippen LogP contribution in [0.2, 0.25) is 0 Å². The summed E-state index contributed by atoms with van der Waals surface area (Å²) >= 11 is 3.44. The number of fused-ring (bicyclic) bond motifs is 2. The number of halogens is 1. The molecule has 2 aliphatic rings. The fourth-order valence-corrected chi connectivity index (χ4v) is 3.36. The number of ether oxygens (including phenoxy) is 3. The van der Waals surface area contributed by atoms with Crippen molar-refractivity contribution in [3.63, 3.8) is 0 Å². The Labute approximate surface area is 160 Å². The molecule has 0 spiro atoms. The van der Waals surface area contributed by atoms with Crippen LogP contribution in [-0.2, 0) is 4.79 Å². The Hall–Kier alpha value is -2.47. The van der Waals surface area contributed by atoms with Gasteiger partial charge in [-0.3, -0.25) is 4.79 Å². The molecule has 0 radical (unpaired) electrons. The van der Waals surface area contributed by atoms with Gasteiger partial charge >= 0.3 is 0 Å². The first-order valence-electron chi connectivity index (χ1n) is 8.43. The summed E-state index contributed by atoms with van der Waals surface area (Å²) < 4.78 is 17.8. The van der Waals surface area contributed by atoms with Gasteiger partial charge < -0.3 is 19.5 Å². The highest BCUT2D eigenvalue weighted by Crippen LogP contribution is 2.33. The van der Waals surface area contributed by atoms with Crippen molar-refractivity contribution in [3.8, 4) is 17.2 Å². The molecule has 0 fully saturated rings. The lowest BCUT2D eigenvalue weighted by Crippen LogP contribution is -2.31. The minimum atomic E-state index is -0.164. The molecule has 2 heterocycles. The molecule has 0 aliphatic carbocycles. The summed E-state index contributed by atoms with van der Waals surface area (Å²) in [5, 5.41) is 3.02.